The number of hydrogen-bond donors (Lipinski definition) is 1. The van der Waals surface area contributed by atoms with Crippen molar-refractivity contribution in [3.05, 3.63) is 0 Å². The third-order valence-corrected chi connectivity index (χ3v) is 4.71. The molecule has 1 rings (SSSR count). The van der Waals surface area contributed by atoms with E-state index in [1.54, 1.807) is 0 Å². The minimum absolute atomic E-state index is 0.418. The number of nitrogens with zero attached hydrogens (tertiary/aromatic N) is 1. The van der Waals surface area contributed by atoms with E-state index in [4.69, 9.17) is 4.74 Å². The highest BCUT2D eigenvalue weighted by atomic mass is 16.5. The number of hydrogen-bond acceptors (Lipinski definition) is 3. The summed E-state index contributed by atoms with van der Waals surface area (Å²) in [5.41, 5.74) is 0.418. The lowest BCUT2D eigenvalue weighted by Gasteiger charge is -2.41. The molecule has 0 unspecified atom stereocenters. The van der Waals surface area contributed by atoms with Crippen molar-refractivity contribution in [1.29, 1.82) is 0 Å². The van der Waals surface area contributed by atoms with Crippen LogP contribution in [0.15, 0.2) is 0 Å². The van der Waals surface area contributed by atoms with E-state index in [2.05, 4.69) is 45.0 Å². The van der Waals surface area contributed by atoms with Crippen LogP contribution in [0, 0.1) is 17.3 Å². The second kappa shape index (κ2) is 9.81. The van der Waals surface area contributed by atoms with Gasteiger partial charge in [0.05, 0.1) is 0 Å². The van der Waals surface area contributed by atoms with Crippen molar-refractivity contribution in [2.75, 3.05) is 46.4 Å². The predicted molar refractivity (Wildman–Crippen MR) is 91.8 cm³/mol. The van der Waals surface area contributed by atoms with Gasteiger partial charge in [-0.25, -0.2) is 0 Å². The second-order valence-electron chi connectivity index (χ2n) is 7.78. The molecule has 0 amide bonds. The standard InChI is InChI=1S/C18H38N2O/c1-16(2)6-10-20(11-7-17(3)4)15-18(14-19-5)8-12-21-13-9-18/h16-17,19H,6-15H2,1-5H3. The van der Waals surface area contributed by atoms with Gasteiger partial charge in [-0.1, -0.05) is 27.7 Å². The summed E-state index contributed by atoms with van der Waals surface area (Å²) >= 11 is 0. The van der Waals surface area contributed by atoms with E-state index in [0.717, 1.165) is 31.6 Å². The predicted octanol–water partition coefficient (Wildman–Crippen LogP) is 3.40. The molecule has 0 atom stereocenters. The van der Waals surface area contributed by atoms with Gasteiger partial charge in [-0.15, -0.1) is 0 Å². The molecule has 1 fully saturated rings. The van der Waals surface area contributed by atoms with Gasteiger partial charge in [0.1, 0.15) is 0 Å². The van der Waals surface area contributed by atoms with E-state index in [-0.39, 0.29) is 0 Å². The minimum Gasteiger partial charge on any atom is -0.381 e. The van der Waals surface area contributed by atoms with Gasteiger partial charge in [-0.2, -0.15) is 0 Å². The first kappa shape index (κ1) is 18.9. The van der Waals surface area contributed by atoms with Crippen LogP contribution in [0.2, 0.25) is 0 Å². The van der Waals surface area contributed by atoms with Crippen molar-refractivity contribution < 1.29 is 4.74 Å². The summed E-state index contributed by atoms with van der Waals surface area (Å²) in [7, 11) is 2.09. The minimum atomic E-state index is 0.418. The zero-order chi connectivity index (χ0) is 15.7. The quantitative estimate of drug-likeness (QED) is 0.669. The normalized spacial score (nSPS) is 18.9. The van der Waals surface area contributed by atoms with Gasteiger partial charge in [0.15, 0.2) is 0 Å². The van der Waals surface area contributed by atoms with E-state index in [1.807, 2.05) is 0 Å². The highest BCUT2D eigenvalue weighted by molar-refractivity contribution is 4.87. The molecule has 126 valence electrons. The molecule has 0 aromatic rings. The lowest BCUT2D eigenvalue weighted by Crippen LogP contribution is -2.47. The van der Waals surface area contributed by atoms with Crippen molar-refractivity contribution in [2.24, 2.45) is 17.3 Å². The summed E-state index contributed by atoms with van der Waals surface area (Å²) in [5, 5.41) is 3.43. The Balaban J connectivity index is 2.60. The molecule has 0 aliphatic carbocycles. The van der Waals surface area contributed by atoms with E-state index < -0.39 is 0 Å². The van der Waals surface area contributed by atoms with Crippen LogP contribution < -0.4 is 5.32 Å². The van der Waals surface area contributed by atoms with E-state index in [0.29, 0.717) is 5.41 Å². The SMILES string of the molecule is CNCC1(CN(CCC(C)C)CCC(C)C)CCOCC1. The Morgan fingerprint density at radius 1 is 1.00 bits per heavy atom. The van der Waals surface area contributed by atoms with Crippen LogP contribution in [-0.4, -0.2) is 51.3 Å². The summed E-state index contributed by atoms with van der Waals surface area (Å²) in [6.45, 7) is 16.0. The monoisotopic (exact) mass is 298 g/mol. The van der Waals surface area contributed by atoms with E-state index in [1.165, 1.54) is 45.3 Å². The van der Waals surface area contributed by atoms with E-state index >= 15 is 0 Å². The van der Waals surface area contributed by atoms with Gasteiger partial charge < -0.3 is 15.0 Å². The highest BCUT2D eigenvalue weighted by Crippen LogP contribution is 2.31. The molecular weight excluding hydrogens is 260 g/mol. The molecule has 1 saturated heterocycles. The van der Waals surface area contributed by atoms with Crippen LogP contribution in [0.5, 0.6) is 0 Å². The van der Waals surface area contributed by atoms with Crippen molar-refractivity contribution in [3.63, 3.8) is 0 Å². The number of ether oxygens (including phenoxy) is 1. The average molecular weight is 299 g/mol. The third-order valence-electron chi connectivity index (χ3n) is 4.71. The van der Waals surface area contributed by atoms with Crippen LogP contribution in [0.25, 0.3) is 0 Å². The molecule has 0 aromatic carbocycles. The maximum absolute atomic E-state index is 5.60. The smallest absolute Gasteiger partial charge is 0.0472 e. The molecule has 0 aromatic heterocycles. The Kier molecular flexibility index (Phi) is 8.84. The fraction of sp³-hybridized carbons (Fsp3) is 1.00. The maximum atomic E-state index is 5.60. The molecule has 1 aliphatic rings. The molecule has 21 heavy (non-hydrogen) atoms. The van der Waals surface area contributed by atoms with Gasteiger partial charge in [0.25, 0.3) is 0 Å². The number of rotatable bonds is 10. The first-order valence-electron chi connectivity index (χ1n) is 8.92. The Labute approximate surface area is 132 Å². The maximum Gasteiger partial charge on any atom is 0.0472 e. The summed E-state index contributed by atoms with van der Waals surface area (Å²) < 4.78 is 5.60. The molecule has 1 heterocycles. The Morgan fingerprint density at radius 3 is 1.95 bits per heavy atom. The highest BCUT2D eigenvalue weighted by Gasteiger charge is 2.33. The van der Waals surface area contributed by atoms with Gasteiger partial charge in [0, 0.05) is 26.3 Å². The molecule has 3 heteroatoms. The Bertz CT molecular complexity index is 242. The first-order chi connectivity index (χ1) is 9.97. The van der Waals surface area contributed by atoms with Gasteiger partial charge in [-0.05, 0) is 63.1 Å². The lowest BCUT2D eigenvalue weighted by atomic mass is 9.79. The van der Waals surface area contributed by atoms with Crippen LogP contribution in [0.3, 0.4) is 0 Å². The molecular formula is C18H38N2O. The molecule has 1 N–H and O–H groups in total. The fourth-order valence-electron chi connectivity index (χ4n) is 3.20. The van der Waals surface area contributed by atoms with Gasteiger partial charge in [0.2, 0.25) is 0 Å². The van der Waals surface area contributed by atoms with Crippen LogP contribution in [0.1, 0.15) is 53.4 Å². The third kappa shape index (κ3) is 7.62. The summed E-state index contributed by atoms with van der Waals surface area (Å²) in [5.74, 6) is 1.59. The molecule has 1 aliphatic heterocycles. The van der Waals surface area contributed by atoms with Crippen molar-refractivity contribution >= 4 is 0 Å². The number of nitrogens with one attached hydrogen (secondary N) is 1. The second-order valence-corrected chi connectivity index (χ2v) is 7.78. The molecule has 0 spiro atoms. The van der Waals surface area contributed by atoms with Crippen molar-refractivity contribution in [1.82, 2.24) is 10.2 Å². The zero-order valence-corrected chi connectivity index (χ0v) is 15.1. The lowest BCUT2D eigenvalue weighted by molar-refractivity contribution is -0.00477. The fourth-order valence-corrected chi connectivity index (χ4v) is 3.20. The van der Waals surface area contributed by atoms with E-state index in [9.17, 15) is 0 Å². The molecule has 0 bridgehead atoms. The van der Waals surface area contributed by atoms with Crippen LogP contribution >= 0.6 is 0 Å². The average Bonchev–Trinajstić information content (AvgIpc) is 2.43. The topological polar surface area (TPSA) is 24.5 Å². The van der Waals surface area contributed by atoms with Crippen LogP contribution in [0.4, 0.5) is 0 Å². The summed E-state index contributed by atoms with van der Waals surface area (Å²) in [4.78, 5) is 2.72. The van der Waals surface area contributed by atoms with Gasteiger partial charge >= 0.3 is 0 Å². The summed E-state index contributed by atoms with van der Waals surface area (Å²) in [6, 6.07) is 0. The first-order valence-corrected chi connectivity index (χ1v) is 8.92. The van der Waals surface area contributed by atoms with Crippen molar-refractivity contribution in [3.8, 4) is 0 Å². The molecule has 0 radical (unpaired) electrons. The van der Waals surface area contributed by atoms with Crippen LogP contribution in [-0.2, 0) is 4.74 Å². The zero-order valence-electron chi connectivity index (χ0n) is 15.1. The Hall–Kier alpha value is -0.120. The molecule has 3 nitrogen and oxygen atoms in total. The largest absolute Gasteiger partial charge is 0.381 e. The Morgan fingerprint density at radius 2 is 1.52 bits per heavy atom. The van der Waals surface area contributed by atoms with Crippen molar-refractivity contribution in [2.45, 2.75) is 53.4 Å². The van der Waals surface area contributed by atoms with Gasteiger partial charge in [-0.3, -0.25) is 0 Å². The summed E-state index contributed by atoms with van der Waals surface area (Å²) in [6.07, 6.45) is 5.02. The molecule has 0 saturated carbocycles.